The summed E-state index contributed by atoms with van der Waals surface area (Å²) in [6.45, 7) is 6.53. The third-order valence-corrected chi connectivity index (χ3v) is 14.8. The zero-order valence-electron chi connectivity index (χ0n) is 53.3. The highest BCUT2D eigenvalue weighted by Crippen LogP contribution is 2.16. The second kappa shape index (κ2) is 68.6. The van der Waals surface area contributed by atoms with Crippen molar-refractivity contribution in [2.24, 2.45) is 0 Å². The largest absolute Gasteiger partial charge is 0.462 e. The Morgan fingerprint density at radius 3 is 0.765 bits per heavy atom. The van der Waals surface area contributed by atoms with Gasteiger partial charge in [-0.15, -0.1) is 0 Å². The molecule has 0 aliphatic rings. The molecule has 0 aromatic rings. The zero-order chi connectivity index (χ0) is 58.5. The molecule has 0 aromatic heterocycles. The Balaban J connectivity index is 4.15. The minimum absolute atomic E-state index is 0.0764. The molecule has 1 atom stereocenters. The van der Waals surface area contributed by atoms with Crippen LogP contribution in [0, 0.1) is 0 Å². The van der Waals surface area contributed by atoms with E-state index in [2.05, 4.69) is 130 Å². The van der Waals surface area contributed by atoms with Gasteiger partial charge in [0.1, 0.15) is 13.2 Å². The van der Waals surface area contributed by atoms with Crippen molar-refractivity contribution in [2.75, 3.05) is 13.2 Å². The Kier molecular flexibility index (Phi) is 65.2. The summed E-state index contributed by atoms with van der Waals surface area (Å²) in [7, 11) is 0. The Morgan fingerprint density at radius 2 is 0.481 bits per heavy atom. The maximum absolute atomic E-state index is 12.9. The summed E-state index contributed by atoms with van der Waals surface area (Å²) < 4.78 is 16.9. The van der Waals surface area contributed by atoms with Crippen LogP contribution < -0.4 is 0 Å². The Hall–Kier alpha value is -3.93. The highest BCUT2D eigenvalue weighted by Gasteiger charge is 2.19. The number of carbonyl (C=O) groups excluding carboxylic acids is 3. The lowest BCUT2D eigenvalue weighted by atomic mass is 10.0. The maximum Gasteiger partial charge on any atom is 0.306 e. The van der Waals surface area contributed by atoms with Crippen molar-refractivity contribution < 1.29 is 28.6 Å². The first-order valence-corrected chi connectivity index (χ1v) is 34.4. The van der Waals surface area contributed by atoms with Crippen molar-refractivity contribution in [3.63, 3.8) is 0 Å². The third kappa shape index (κ3) is 66.8. The summed E-state index contributed by atoms with van der Waals surface area (Å²) in [6.07, 6.45) is 94.0. The normalized spacial score (nSPS) is 12.8. The molecule has 81 heavy (non-hydrogen) atoms. The molecule has 0 amide bonds. The summed E-state index contributed by atoms with van der Waals surface area (Å²) in [5.74, 6) is -0.875. The van der Waals surface area contributed by atoms with Gasteiger partial charge in [0, 0.05) is 19.3 Å². The molecule has 0 N–H and O–H groups in total. The van der Waals surface area contributed by atoms with E-state index in [0.717, 1.165) is 109 Å². The van der Waals surface area contributed by atoms with E-state index in [1.807, 2.05) is 0 Å². The van der Waals surface area contributed by atoms with Gasteiger partial charge in [0.15, 0.2) is 6.10 Å². The monoisotopic (exact) mass is 1120 g/mol. The topological polar surface area (TPSA) is 78.9 Å². The molecule has 0 bridgehead atoms. The van der Waals surface area contributed by atoms with Crippen LogP contribution in [0.4, 0.5) is 0 Å². The molecule has 0 aromatic carbocycles. The number of ether oxygens (including phenoxy) is 3. The molecule has 0 radical (unpaired) electrons. The van der Waals surface area contributed by atoms with Gasteiger partial charge in [0.25, 0.3) is 0 Å². The first kappa shape index (κ1) is 77.1. The molecular formula is C75H128O6. The highest BCUT2D eigenvalue weighted by molar-refractivity contribution is 5.71. The summed E-state index contributed by atoms with van der Waals surface area (Å²) in [5, 5.41) is 0. The average molecular weight is 1130 g/mol. The third-order valence-electron chi connectivity index (χ3n) is 14.8. The number of allylic oxidation sites excluding steroid dienone is 18. The second-order valence-electron chi connectivity index (χ2n) is 22.7. The number of unbranched alkanes of at least 4 members (excludes halogenated alkanes) is 33. The minimum Gasteiger partial charge on any atom is -0.462 e. The molecule has 0 rings (SSSR count). The average Bonchev–Trinajstić information content (AvgIpc) is 3.47. The van der Waals surface area contributed by atoms with Crippen molar-refractivity contribution >= 4 is 17.9 Å². The predicted molar refractivity (Wildman–Crippen MR) is 353 cm³/mol. The zero-order valence-corrected chi connectivity index (χ0v) is 53.3. The van der Waals surface area contributed by atoms with Gasteiger partial charge in [-0.3, -0.25) is 14.4 Å². The van der Waals surface area contributed by atoms with Crippen molar-refractivity contribution in [1.82, 2.24) is 0 Å². The molecule has 0 aliphatic carbocycles. The summed E-state index contributed by atoms with van der Waals surface area (Å²) in [6, 6.07) is 0. The SMILES string of the molecule is CC/C=C\C/C=C\C/C=C\C/C=C\C/C=C\C/C=C\C/C=C\C/C=C\CCCCCCCCCCCCC(=O)OCC(COC(=O)CCCCCCCCCCC)OC(=O)CCCCCCCCCCC/C=C\CCCCCCCC. The highest BCUT2D eigenvalue weighted by atomic mass is 16.6. The summed E-state index contributed by atoms with van der Waals surface area (Å²) in [5.41, 5.74) is 0. The van der Waals surface area contributed by atoms with Crippen molar-refractivity contribution in [3.8, 4) is 0 Å². The van der Waals surface area contributed by atoms with Gasteiger partial charge >= 0.3 is 17.9 Å². The van der Waals surface area contributed by atoms with Gasteiger partial charge in [0.2, 0.25) is 0 Å². The molecule has 0 saturated carbocycles. The maximum atomic E-state index is 12.9. The molecule has 0 aliphatic heterocycles. The molecule has 6 heteroatoms. The molecular weight excluding hydrogens is 997 g/mol. The fourth-order valence-electron chi connectivity index (χ4n) is 9.63. The molecule has 0 fully saturated rings. The van der Waals surface area contributed by atoms with Gasteiger partial charge in [-0.2, -0.15) is 0 Å². The predicted octanol–water partition coefficient (Wildman–Crippen LogP) is 23.8. The first-order chi connectivity index (χ1) is 40.0. The van der Waals surface area contributed by atoms with Crippen LogP contribution >= 0.6 is 0 Å². The number of hydrogen-bond donors (Lipinski definition) is 0. The molecule has 0 saturated heterocycles. The minimum atomic E-state index is -0.779. The van der Waals surface area contributed by atoms with Crippen LogP contribution in [-0.2, 0) is 28.6 Å². The molecule has 0 heterocycles. The van der Waals surface area contributed by atoms with Gasteiger partial charge in [-0.05, 0) is 109 Å². The first-order valence-electron chi connectivity index (χ1n) is 34.4. The van der Waals surface area contributed by atoms with Gasteiger partial charge in [-0.25, -0.2) is 0 Å². The number of hydrogen-bond acceptors (Lipinski definition) is 6. The van der Waals surface area contributed by atoms with E-state index in [9.17, 15) is 14.4 Å². The van der Waals surface area contributed by atoms with Crippen LogP contribution in [0.25, 0.3) is 0 Å². The van der Waals surface area contributed by atoms with E-state index in [1.54, 1.807) is 0 Å². The quantitative estimate of drug-likeness (QED) is 0.0261. The van der Waals surface area contributed by atoms with E-state index in [0.29, 0.717) is 19.3 Å². The van der Waals surface area contributed by atoms with Gasteiger partial charge in [-0.1, -0.05) is 310 Å². The lowest BCUT2D eigenvalue weighted by Crippen LogP contribution is -2.30. The number of carbonyl (C=O) groups is 3. The lowest BCUT2D eigenvalue weighted by Gasteiger charge is -2.18. The Bertz CT molecular complexity index is 1620. The van der Waals surface area contributed by atoms with Crippen LogP contribution in [-0.4, -0.2) is 37.2 Å². The molecule has 6 nitrogen and oxygen atoms in total. The van der Waals surface area contributed by atoms with E-state index in [-0.39, 0.29) is 31.1 Å². The molecule has 1 unspecified atom stereocenters. The van der Waals surface area contributed by atoms with Crippen LogP contribution in [0.15, 0.2) is 109 Å². The number of rotatable bonds is 62. The van der Waals surface area contributed by atoms with Crippen LogP contribution in [0.5, 0.6) is 0 Å². The molecule has 464 valence electrons. The van der Waals surface area contributed by atoms with Crippen molar-refractivity contribution in [3.05, 3.63) is 109 Å². The Morgan fingerprint density at radius 1 is 0.259 bits per heavy atom. The summed E-state index contributed by atoms with van der Waals surface area (Å²) in [4.78, 5) is 38.2. The standard InChI is InChI=1S/C75H128O6/c1-4-7-10-13-16-19-21-23-25-27-29-30-31-32-33-34-35-36-37-38-39-40-41-42-43-44-46-47-49-51-53-56-59-62-65-68-74(77)80-71-72(70-79-73(76)67-64-61-58-55-18-15-12-9-6-3)81-75(78)69-66-63-60-57-54-52-50-48-45-28-26-24-22-20-17-14-11-8-5-2/h7,10,16,19,23-26,29-30,32-33,35-36,38-39,41-42,72H,4-6,8-9,11-15,17-18,20-22,27-28,31,34,37,40,43-71H2,1-3H3/b10-7-,19-16-,25-23-,26-24-,30-29-,33-32-,36-35-,39-38-,42-41-. The Labute approximate surface area is 501 Å². The molecule has 0 spiro atoms. The van der Waals surface area contributed by atoms with Gasteiger partial charge < -0.3 is 14.2 Å². The summed E-state index contributed by atoms with van der Waals surface area (Å²) >= 11 is 0. The smallest absolute Gasteiger partial charge is 0.306 e. The van der Waals surface area contributed by atoms with E-state index >= 15 is 0 Å². The van der Waals surface area contributed by atoms with Crippen molar-refractivity contribution in [2.45, 2.75) is 335 Å². The fraction of sp³-hybridized carbons (Fsp3) is 0.720. The lowest BCUT2D eigenvalue weighted by molar-refractivity contribution is -0.167. The number of esters is 3. The van der Waals surface area contributed by atoms with Gasteiger partial charge in [0.05, 0.1) is 0 Å². The second-order valence-corrected chi connectivity index (χ2v) is 22.7. The van der Waals surface area contributed by atoms with Crippen LogP contribution in [0.2, 0.25) is 0 Å². The van der Waals surface area contributed by atoms with E-state index in [1.165, 1.54) is 180 Å². The fourth-order valence-corrected chi connectivity index (χ4v) is 9.63. The van der Waals surface area contributed by atoms with E-state index in [4.69, 9.17) is 14.2 Å². The van der Waals surface area contributed by atoms with E-state index < -0.39 is 6.10 Å². The van der Waals surface area contributed by atoms with Crippen LogP contribution in [0.1, 0.15) is 329 Å². The van der Waals surface area contributed by atoms with Crippen molar-refractivity contribution in [1.29, 1.82) is 0 Å². The van der Waals surface area contributed by atoms with Crippen LogP contribution in [0.3, 0.4) is 0 Å².